The van der Waals surface area contributed by atoms with E-state index in [1.54, 1.807) is 0 Å². The Kier molecular flexibility index (Phi) is 6.99. The van der Waals surface area contributed by atoms with Gasteiger partial charge in [-0.15, -0.1) is 0 Å². The lowest BCUT2D eigenvalue weighted by Gasteiger charge is -2.27. The van der Waals surface area contributed by atoms with Crippen LogP contribution in [0.4, 0.5) is 5.82 Å². The minimum atomic E-state index is 0.181. The third kappa shape index (κ3) is 6.84. The molecular weight excluding hydrogens is 302 g/mol. The van der Waals surface area contributed by atoms with Gasteiger partial charge in [-0.1, -0.05) is 6.07 Å². The van der Waals surface area contributed by atoms with E-state index in [4.69, 9.17) is 0 Å². The Morgan fingerprint density at radius 1 is 1.33 bits per heavy atom. The second-order valence-electron chi connectivity index (χ2n) is 7.72. The van der Waals surface area contributed by atoms with Crippen molar-refractivity contribution in [3.8, 4) is 0 Å². The maximum absolute atomic E-state index is 12.1. The number of pyridine rings is 1. The summed E-state index contributed by atoms with van der Waals surface area (Å²) in [5.41, 5.74) is 0.268. The molecule has 0 saturated carbocycles. The number of rotatable bonds is 7. The molecular formula is C18H34N5O+3. The van der Waals surface area contributed by atoms with E-state index in [1.807, 2.05) is 12.3 Å². The molecule has 6 heteroatoms. The zero-order valence-corrected chi connectivity index (χ0v) is 15.4. The predicted molar refractivity (Wildman–Crippen MR) is 94.9 cm³/mol. The van der Waals surface area contributed by atoms with Crippen LogP contribution in [0, 0.1) is 0 Å². The summed E-state index contributed by atoms with van der Waals surface area (Å²) in [6.45, 7) is 13.1. The number of piperazine rings is 1. The van der Waals surface area contributed by atoms with Gasteiger partial charge < -0.3 is 15.5 Å². The number of hydrogen-bond donors (Lipinski definition) is 3. The summed E-state index contributed by atoms with van der Waals surface area (Å²) >= 11 is 0. The van der Waals surface area contributed by atoms with Crippen molar-refractivity contribution in [1.82, 2.24) is 5.32 Å². The standard InChI is InChI=1S/C18H31N5O/c1-18(2,3)21-10-6-9-20-17(24)15-22-11-13-23(14-12-22)16-7-4-5-8-19-16/h4-5,7-8,21H,6,9-15H2,1-3H3,(H,20,24)/p+3. The van der Waals surface area contributed by atoms with E-state index < -0.39 is 0 Å². The SMILES string of the molecule is CC(C)(C)[NH2+]CCCNC(=O)C[NH+]1CCN(c2cccc[nH+]2)CC1. The number of anilines is 1. The van der Waals surface area contributed by atoms with Crippen LogP contribution in [0.1, 0.15) is 27.2 Å². The molecule has 1 fully saturated rings. The first-order chi connectivity index (χ1) is 11.4. The number of nitrogens with two attached hydrogens (primary N) is 1. The predicted octanol–water partition coefficient (Wildman–Crippen LogP) is -1.93. The van der Waals surface area contributed by atoms with Crippen LogP contribution >= 0.6 is 0 Å². The van der Waals surface area contributed by atoms with Crippen LogP contribution in [0.25, 0.3) is 0 Å². The van der Waals surface area contributed by atoms with Crippen LogP contribution in [-0.4, -0.2) is 57.3 Å². The Balaban J connectivity index is 1.59. The molecule has 0 bridgehead atoms. The number of carbonyl (C=O) groups excluding carboxylic acids is 1. The second kappa shape index (κ2) is 8.99. The lowest BCUT2D eigenvalue weighted by atomic mass is 10.1. The van der Waals surface area contributed by atoms with Crippen molar-refractivity contribution in [2.24, 2.45) is 0 Å². The van der Waals surface area contributed by atoms with Crippen LogP contribution in [0.2, 0.25) is 0 Å². The minimum absolute atomic E-state index is 0.181. The van der Waals surface area contributed by atoms with Crippen molar-refractivity contribution in [2.45, 2.75) is 32.7 Å². The van der Waals surface area contributed by atoms with Crippen LogP contribution in [0.3, 0.4) is 0 Å². The van der Waals surface area contributed by atoms with Gasteiger partial charge in [0, 0.05) is 19.0 Å². The van der Waals surface area contributed by atoms with Gasteiger partial charge in [0.15, 0.2) is 6.54 Å². The lowest BCUT2D eigenvalue weighted by Crippen LogP contribution is -3.16. The topological polar surface area (TPSA) is 67.5 Å². The molecule has 0 spiro atoms. The molecule has 0 atom stereocenters. The summed E-state index contributed by atoms with van der Waals surface area (Å²) in [6, 6.07) is 6.15. The second-order valence-corrected chi connectivity index (χ2v) is 7.72. The van der Waals surface area contributed by atoms with Crippen LogP contribution in [0.15, 0.2) is 24.4 Å². The summed E-state index contributed by atoms with van der Waals surface area (Å²) in [4.78, 5) is 19.1. The van der Waals surface area contributed by atoms with E-state index in [2.05, 4.69) is 53.4 Å². The van der Waals surface area contributed by atoms with Crippen molar-refractivity contribution < 1.29 is 20.0 Å². The average Bonchev–Trinajstić information content (AvgIpc) is 2.55. The smallest absolute Gasteiger partial charge is 0.275 e. The van der Waals surface area contributed by atoms with Crippen LogP contribution in [-0.2, 0) is 4.79 Å². The van der Waals surface area contributed by atoms with Crippen LogP contribution < -0.4 is 25.4 Å². The summed E-state index contributed by atoms with van der Waals surface area (Å²) in [6.07, 6.45) is 2.98. The highest BCUT2D eigenvalue weighted by molar-refractivity contribution is 5.76. The number of carbonyl (C=O) groups is 1. The molecule has 2 heterocycles. The highest BCUT2D eigenvalue weighted by Crippen LogP contribution is 2.04. The summed E-state index contributed by atoms with van der Waals surface area (Å²) in [5, 5.41) is 5.38. The van der Waals surface area contributed by atoms with Crippen molar-refractivity contribution in [3.05, 3.63) is 24.4 Å². The number of hydrogen-bond acceptors (Lipinski definition) is 2. The Hall–Kier alpha value is -1.66. The normalized spacial score (nSPS) is 16.2. The molecule has 1 amide bonds. The third-order valence-corrected chi connectivity index (χ3v) is 4.37. The number of nitrogens with one attached hydrogen (secondary N) is 3. The van der Waals surface area contributed by atoms with Crippen LogP contribution in [0.5, 0.6) is 0 Å². The molecule has 134 valence electrons. The summed E-state index contributed by atoms with van der Waals surface area (Å²) in [7, 11) is 0. The minimum Gasteiger partial charge on any atom is -0.351 e. The van der Waals surface area contributed by atoms with Gasteiger partial charge in [-0.05, 0) is 26.8 Å². The van der Waals surface area contributed by atoms with E-state index in [9.17, 15) is 4.79 Å². The molecule has 1 aliphatic heterocycles. The number of H-pyrrole nitrogens is 1. The van der Waals surface area contributed by atoms with Crippen molar-refractivity contribution in [1.29, 1.82) is 0 Å². The maximum Gasteiger partial charge on any atom is 0.275 e. The summed E-state index contributed by atoms with van der Waals surface area (Å²) in [5.74, 6) is 1.34. The molecule has 0 aliphatic carbocycles. The van der Waals surface area contributed by atoms with Crippen molar-refractivity contribution >= 4 is 11.7 Å². The van der Waals surface area contributed by atoms with Gasteiger partial charge in [0.2, 0.25) is 0 Å². The van der Waals surface area contributed by atoms with Gasteiger partial charge in [0.1, 0.15) is 26.2 Å². The number of aromatic nitrogens is 1. The first-order valence-corrected chi connectivity index (χ1v) is 9.10. The number of quaternary nitrogens is 2. The number of amides is 1. The highest BCUT2D eigenvalue weighted by atomic mass is 16.2. The molecule has 1 aromatic heterocycles. The van der Waals surface area contributed by atoms with E-state index in [0.717, 1.165) is 51.5 Å². The molecule has 6 nitrogen and oxygen atoms in total. The van der Waals surface area contributed by atoms with E-state index in [-0.39, 0.29) is 11.4 Å². The van der Waals surface area contributed by atoms with Gasteiger partial charge in [0.25, 0.3) is 11.7 Å². The van der Waals surface area contributed by atoms with Gasteiger partial charge in [-0.2, -0.15) is 0 Å². The largest absolute Gasteiger partial charge is 0.351 e. The monoisotopic (exact) mass is 336 g/mol. The van der Waals surface area contributed by atoms with Gasteiger partial charge >= 0.3 is 0 Å². The molecule has 5 N–H and O–H groups in total. The van der Waals surface area contributed by atoms with E-state index in [0.29, 0.717) is 6.54 Å². The van der Waals surface area contributed by atoms with Gasteiger partial charge in [-0.3, -0.25) is 9.69 Å². The highest BCUT2D eigenvalue weighted by Gasteiger charge is 2.26. The fourth-order valence-corrected chi connectivity index (χ4v) is 2.98. The Bertz CT molecular complexity index is 492. The van der Waals surface area contributed by atoms with E-state index >= 15 is 0 Å². The lowest BCUT2D eigenvalue weighted by molar-refractivity contribution is -0.892. The first-order valence-electron chi connectivity index (χ1n) is 9.10. The maximum atomic E-state index is 12.1. The fourth-order valence-electron chi connectivity index (χ4n) is 2.98. The Labute approximate surface area is 145 Å². The van der Waals surface area contributed by atoms with Crippen molar-refractivity contribution in [2.75, 3.05) is 50.7 Å². The Morgan fingerprint density at radius 2 is 2.08 bits per heavy atom. The molecule has 1 aliphatic rings. The number of aromatic amines is 1. The van der Waals surface area contributed by atoms with Gasteiger partial charge in [-0.25, -0.2) is 4.98 Å². The average molecular weight is 337 g/mol. The first kappa shape index (κ1) is 18.7. The molecule has 2 rings (SSSR count). The third-order valence-electron chi connectivity index (χ3n) is 4.37. The Morgan fingerprint density at radius 3 is 2.71 bits per heavy atom. The molecule has 0 radical (unpaired) electrons. The molecule has 0 aromatic carbocycles. The molecule has 24 heavy (non-hydrogen) atoms. The fraction of sp³-hybridized carbons (Fsp3) is 0.667. The zero-order valence-electron chi connectivity index (χ0n) is 15.4. The van der Waals surface area contributed by atoms with Crippen molar-refractivity contribution in [3.63, 3.8) is 0 Å². The molecule has 0 unspecified atom stereocenters. The van der Waals surface area contributed by atoms with Gasteiger partial charge in [0.05, 0.1) is 18.3 Å². The number of nitrogens with zero attached hydrogens (tertiary/aromatic N) is 1. The molecule has 1 saturated heterocycles. The summed E-state index contributed by atoms with van der Waals surface area (Å²) < 4.78 is 0. The quantitative estimate of drug-likeness (QED) is 0.508. The van der Waals surface area contributed by atoms with E-state index in [1.165, 1.54) is 4.90 Å². The molecule has 1 aromatic rings. The zero-order chi connectivity index (χ0) is 17.4.